The van der Waals surface area contributed by atoms with E-state index in [1.165, 1.54) is 25.9 Å². The Morgan fingerprint density at radius 1 is 1.18 bits per heavy atom. The van der Waals surface area contributed by atoms with Gasteiger partial charge in [0.05, 0.1) is 0 Å². The fourth-order valence-corrected chi connectivity index (χ4v) is 1.06. The molecule has 1 saturated heterocycles. The van der Waals surface area contributed by atoms with Crippen molar-refractivity contribution in [2.75, 3.05) is 13.1 Å². The van der Waals surface area contributed by atoms with Gasteiger partial charge in [-0.25, -0.2) is 0 Å². The van der Waals surface area contributed by atoms with E-state index < -0.39 is 0 Å². The van der Waals surface area contributed by atoms with Crippen molar-refractivity contribution in [3.63, 3.8) is 0 Å². The third-order valence-electron chi connectivity index (χ3n) is 1.88. The average Bonchev–Trinajstić information content (AvgIpc) is 2.00. The summed E-state index contributed by atoms with van der Waals surface area (Å²) in [7, 11) is 3.87. The molecule has 0 aromatic carbocycles. The number of piperidine rings is 1. The summed E-state index contributed by atoms with van der Waals surface area (Å²) in [5.74, 6) is 0.938. The molecule has 0 bridgehead atoms. The molecular formula is C9H20NY-. The molecule has 1 aliphatic rings. The first kappa shape index (κ1) is 14.6. The first-order valence-corrected chi connectivity index (χ1v) is 4.34. The Morgan fingerprint density at radius 2 is 1.55 bits per heavy atom. The van der Waals surface area contributed by atoms with Crippen LogP contribution in [0, 0.1) is 13.0 Å². The molecule has 1 aliphatic heterocycles. The van der Waals surface area contributed by atoms with Crippen LogP contribution in [0.15, 0.2) is 0 Å². The van der Waals surface area contributed by atoms with Gasteiger partial charge in [-0.3, -0.25) is 7.05 Å². The third kappa shape index (κ3) is 7.43. The zero-order chi connectivity index (χ0) is 7.98. The monoisotopic (exact) mass is 231 g/mol. The zero-order valence-corrected chi connectivity index (χ0v) is 11.0. The van der Waals surface area contributed by atoms with E-state index in [-0.39, 0.29) is 32.7 Å². The third-order valence-corrected chi connectivity index (χ3v) is 1.88. The van der Waals surface area contributed by atoms with Crippen molar-refractivity contribution < 1.29 is 32.7 Å². The molecule has 1 rings (SSSR count). The van der Waals surface area contributed by atoms with Gasteiger partial charge in [-0.15, -0.1) is 0 Å². The van der Waals surface area contributed by atoms with Crippen LogP contribution >= 0.6 is 0 Å². The average molecular weight is 231 g/mol. The summed E-state index contributed by atoms with van der Waals surface area (Å²) in [6, 6.07) is 0. The largest absolute Gasteiger partial charge is 0.459 e. The molecule has 0 atom stereocenters. The van der Waals surface area contributed by atoms with Gasteiger partial charge in [0.1, 0.15) is 0 Å². The fraction of sp³-hybridized carbons (Fsp3) is 0.889. The Bertz CT molecular complexity index is 58.0. The van der Waals surface area contributed by atoms with Crippen molar-refractivity contribution >= 4 is 0 Å². The van der Waals surface area contributed by atoms with Crippen LogP contribution in [0.2, 0.25) is 0 Å². The van der Waals surface area contributed by atoms with Crippen LogP contribution in [0.3, 0.4) is 0 Å². The van der Waals surface area contributed by atoms with Crippen LogP contribution < -0.4 is 0 Å². The van der Waals surface area contributed by atoms with Crippen molar-refractivity contribution in [2.24, 2.45) is 5.92 Å². The molecule has 2 heteroatoms. The molecule has 0 aromatic heterocycles. The molecule has 0 N–H and O–H groups in total. The number of hydrogen-bond donors (Lipinski definition) is 0. The summed E-state index contributed by atoms with van der Waals surface area (Å²) in [5.41, 5.74) is 0. The molecule has 0 unspecified atom stereocenters. The molecule has 1 radical (unpaired) electrons. The molecule has 0 aliphatic carbocycles. The van der Waals surface area contributed by atoms with Gasteiger partial charge in [0.15, 0.2) is 0 Å². The second-order valence-corrected chi connectivity index (χ2v) is 2.80. The summed E-state index contributed by atoms with van der Waals surface area (Å²) in [5, 5.41) is 0. The van der Waals surface area contributed by atoms with Gasteiger partial charge in [0.2, 0.25) is 0 Å². The van der Waals surface area contributed by atoms with E-state index in [0.717, 1.165) is 5.92 Å². The van der Waals surface area contributed by atoms with E-state index in [2.05, 4.69) is 18.9 Å². The summed E-state index contributed by atoms with van der Waals surface area (Å²) >= 11 is 0. The van der Waals surface area contributed by atoms with Gasteiger partial charge >= 0.3 is 0 Å². The van der Waals surface area contributed by atoms with Crippen molar-refractivity contribution in [3.8, 4) is 0 Å². The Labute approximate surface area is 96.8 Å². The van der Waals surface area contributed by atoms with Crippen LogP contribution in [-0.4, -0.2) is 18.0 Å². The molecule has 0 spiro atoms. The van der Waals surface area contributed by atoms with Gasteiger partial charge in [-0.2, -0.15) is 0 Å². The maximum Gasteiger partial charge on any atom is 0 e. The smallest absolute Gasteiger partial charge is 0 e. The Hall–Kier alpha value is 1.06. The summed E-state index contributed by atoms with van der Waals surface area (Å²) in [6.07, 6.45) is 2.67. The van der Waals surface area contributed by atoms with Crippen LogP contribution in [0.4, 0.5) is 0 Å². The van der Waals surface area contributed by atoms with Crippen LogP contribution in [0.5, 0.6) is 0 Å². The number of hydrogen-bond acceptors (Lipinski definition) is 1. The minimum atomic E-state index is 0. The Balaban J connectivity index is 0. The summed E-state index contributed by atoms with van der Waals surface area (Å²) < 4.78 is 0. The molecule has 1 fully saturated rings. The zero-order valence-electron chi connectivity index (χ0n) is 8.14. The van der Waals surface area contributed by atoms with E-state index in [9.17, 15) is 0 Å². The molecule has 0 saturated carbocycles. The normalized spacial score (nSPS) is 19.6. The standard InChI is InChI=1S/C7H14N.C2H6.Y/c1-7-3-5-8(2)6-4-7;1-2;/h7H,2-6H2,1H3;1-2H3;/q-1;;. The SMILES string of the molecule is CC.[CH2-]N1CCC(C)CC1.[Y]. The van der Waals surface area contributed by atoms with E-state index in [1.807, 2.05) is 13.8 Å². The molecule has 11 heavy (non-hydrogen) atoms. The van der Waals surface area contributed by atoms with E-state index in [1.54, 1.807) is 0 Å². The van der Waals surface area contributed by atoms with Gasteiger partial charge < -0.3 is 4.90 Å². The maximum absolute atomic E-state index is 3.87. The first-order chi connectivity index (χ1) is 4.79. The molecule has 0 aromatic rings. The predicted molar refractivity (Wildman–Crippen MR) is 46.7 cm³/mol. The first-order valence-electron chi connectivity index (χ1n) is 4.34. The van der Waals surface area contributed by atoms with E-state index >= 15 is 0 Å². The van der Waals surface area contributed by atoms with Crippen LogP contribution in [-0.2, 0) is 32.7 Å². The van der Waals surface area contributed by atoms with Crippen molar-refractivity contribution in [3.05, 3.63) is 7.05 Å². The molecule has 1 nitrogen and oxygen atoms in total. The van der Waals surface area contributed by atoms with Gasteiger partial charge in [0.25, 0.3) is 0 Å². The van der Waals surface area contributed by atoms with E-state index in [0.29, 0.717) is 0 Å². The van der Waals surface area contributed by atoms with Crippen molar-refractivity contribution in [1.29, 1.82) is 0 Å². The van der Waals surface area contributed by atoms with Gasteiger partial charge in [-0.1, -0.05) is 20.8 Å². The Morgan fingerprint density at radius 3 is 1.82 bits per heavy atom. The van der Waals surface area contributed by atoms with Crippen LogP contribution in [0.25, 0.3) is 0 Å². The van der Waals surface area contributed by atoms with Crippen molar-refractivity contribution in [1.82, 2.24) is 4.90 Å². The topological polar surface area (TPSA) is 3.24 Å². The number of rotatable bonds is 0. The second kappa shape index (κ2) is 9.15. The quantitative estimate of drug-likeness (QED) is 0.579. The minimum Gasteiger partial charge on any atom is -0.459 e. The fourth-order valence-electron chi connectivity index (χ4n) is 1.06. The molecule has 1 heterocycles. The summed E-state index contributed by atoms with van der Waals surface area (Å²) in [6.45, 7) is 8.70. The van der Waals surface area contributed by atoms with E-state index in [4.69, 9.17) is 0 Å². The second-order valence-electron chi connectivity index (χ2n) is 2.80. The molecule has 65 valence electrons. The number of nitrogens with zero attached hydrogens (tertiary/aromatic N) is 1. The molecular weight excluding hydrogens is 211 g/mol. The Kier molecular flexibility index (Phi) is 12.1. The minimum absolute atomic E-state index is 0. The van der Waals surface area contributed by atoms with Crippen LogP contribution in [0.1, 0.15) is 33.6 Å². The predicted octanol–water partition coefficient (Wildman–Crippen LogP) is 2.53. The van der Waals surface area contributed by atoms with Gasteiger partial charge in [-0.05, 0) is 31.8 Å². The maximum atomic E-state index is 3.87. The van der Waals surface area contributed by atoms with Crippen molar-refractivity contribution in [2.45, 2.75) is 33.6 Å². The molecule has 0 amide bonds. The van der Waals surface area contributed by atoms with Gasteiger partial charge in [0, 0.05) is 32.7 Å². The number of likely N-dealkylation sites (tertiary alicyclic amines) is 1. The summed E-state index contributed by atoms with van der Waals surface area (Å²) in [4.78, 5) is 2.15.